The molecule has 0 radical (unpaired) electrons. The third-order valence-electron chi connectivity index (χ3n) is 4.85. The highest BCUT2D eigenvalue weighted by Gasteiger charge is 2.37. The van der Waals surface area contributed by atoms with E-state index in [4.69, 9.17) is 4.74 Å². The van der Waals surface area contributed by atoms with E-state index in [1.807, 2.05) is 29.2 Å². The van der Waals surface area contributed by atoms with Gasteiger partial charge in [0, 0.05) is 33.1 Å². The van der Waals surface area contributed by atoms with Crippen molar-refractivity contribution in [1.82, 2.24) is 9.21 Å². The minimum absolute atomic E-state index is 0.0796. The van der Waals surface area contributed by atoms with Crippen molar-refractivity contribution in [3.63, 3.8) is 0 Å². The summed E-state index contributed by atoms with van der Waals surface area (Å²) in [7, 11) is -0.432. The summed E-state index contributed by atoms with van der Waals surface area (Å²) in [5, 5.41) is 10.2. The van der Waals surface area contributed by atoms with Crippen LogP contribution < -0.4 is 9.64 Å². The van der Waals surface area contributed by atoms with Crippen LogP contribution in [-0.2, 0) is 14.8 Å². The summed E-state index contributed by atoms with van der Waals surface area (Å²) in [5.74, 6) is 0.0893. The number of aliphatic hydroxyl groups excluding tert-OH is 1. The number of fused-ring (bicyclic) bond motifs is 1. The molecular formula is C17H25N3O5S. The first kappa shape index (κ1) is 19.1. The topological polar surface area (TPSA) is 90.4 Å². The van der Waals surface area contributed by atoms with Crippen molar-refractivity contribution in [2.24, 2.45) is 5.92 Å². The van der Waals surface area contributed by atoms with Gasteiger partial charge in [0.05, 0.1) is 30.6 Å². The molecule has 0 saturated carbocycles. The van der Waals surface area contributed by atoms with Crippen LogP contribution in [0.2, 0.25) is 0 Å². The van der Waals surface area contributed by atoms with Gasteiger partial charge < -0.3 is 14.7 Å². The number of benzene rings is 1. The van der Waals surface area contributed by atoms with Crippen LogP contribution >= 0.6 is 0 Å². The second-order valence-corrected chi connectivity index (χ2v) is 9.17. The Kier molecular flexibility index (Phi) is 5.52. The number of hydrogen-bond donors (Lipinski definition) is 1. The molecule has 3 rings (SSSR count). The second kappa shape index (κ2) is 7.51. The zero-order valence-corrected chi connectivity index (χ0v) is 15.9. The van der Waals surface area contributed by atoms with Crippen molar-refractivity contribution in [3.8, 4) is 5.75 Å². The molecule has 1 amide bonds. The van der Waals surface area contributed by atoms with Crippen molar-refractivity contribution in [2.45, 2.75) is 6.10 Å². The van der Waals surface area contributed by atoms with E-state index >= 15 is 0 Å². The molecule has 26 heavy (non-hydrogen) atoms. The SMILES string of the molecule is CN(C)S(=O)(=O)C[C@@H]1CN(CC(=O)N2CCOc3ccccc32)C[C@@H]1O. The molecule has 0 spiro atoms. The second-order valence-electron chi connectivity index (χ2n) is 6.94. The highest BCUT2D eigenvalue weighted by molar-refractivity contribution is 7.89. The average Bonchev–Trinajstić information content (AvgIpc) is 2.92. The normalized spacial score (nSPS) is 23.8. The van der Waals surface area contributed by atoms with E-state index in [1.54, 1.807) is 4.90 Å². The minimum atomic E-state index is -3.39. The Morgan fingerprint density at radius 2 is 2.04 bits per heavy atom. The Morgan fingerprint density at radius 3 is 2.77 bits per heavy atom. The lowest BCUT2D eigenvalue weighted by Crippen LogP contribution is -2.43. The standard InChI is InChI=1S/C17H25N3O5S/c1-18(2)26(23,24)12-13-9-19(10-15(13)21)11-17(22)20-7-8-25-16-6-4-3-5-14(16)20/h3-6,13,15,21H,7-12H2,1-2H3/t13-,15-/m0/s1. The van der Waals surface area contributed by atoms with Gasteiger partial charge in [-0.25, -0.2) is 12.7 Å². The Labute approximate surface area is 154 Å². The molecule has 0 aromatic heterocycles. The summed E-state index contributed by atoms with van der Waals surface area (Å²) in [6.07, 6.45) is -0.755. The molecule has 2 aliphatic rings. The first-order valence-electron chi connectivity index (χ1n) is 8.61. The molecule has 2 atom stereocenters. The Hall–Kier alpha value is -1.68. The van der Waals surface area contributed by atoms with Gasteiger partial charge in [-0.2, -0.15) is 0 Å². The van der Waals surface area contributed by atoms with E-state index in [2.05, 4.69) is 0 Å². The van der Waals surface area contributed by atoms with Gasteiger partial charge in [-0.3, -0.25) is 9.69 Å². The van der Waals surface area contributed by atoms with Crippen molar-refractivity contribution in [3.05, 3.63) is 24.3 Å². The van der Waals surface area contributed by atoms with Gasteiger partial charge in [-0.05, 0) is 12.1 Å². The third kappa shape index (κ3) is 4.01. The number of carbonyl (C=O) groups is 1. The lowest BCUT2D eigenvalue weighted by molar-refractivity contribution is -0.119. The minimum Gasteiger partial charge on any atom is -0.490 e. The van der Waals surface area contributed by atoms with E-state index in [-0.39, 0.29) is 18.2 Å². The monoisotopic (exact) mass is 383 g/mol. The van der Waals surface area contributed by atoms with Crippen LogP contribution in [0.4, 0.5) is 5.69 Å². The number of ether oxygens (including phenoxy) is 1. The largest absolute Gasteiger partial charge is 0.490 e. The number of sulfonamides is 1. The Morgan fingerprint density at radius 1 is 1.31 bits per heavy atom. The first-order valence-corrected chi connectivity index (χ1v) is 10.2. The van der Waals surface area contributed by atoms with Gasteiger partial charge in [0.15, 0.2) is 0 Å². The number of likely N-dealkylation sites (tertiary alicyclic amines) is 1. The predicted molar refractivity (Wildman–Crippen MR) is 97.7 cm³/mol. The molecular weight excluding hydrogens is 358 g/mol. The molecule has 2 aliphatic heterocycles. The molecule has 9 heteroatoms. The maximum Gasteiger partial charge on any atom is 0.241 e. The summed E-state index contributed by atoms with van der Waals surface area (Å²) in [6, 6.07) is 7.39. The summed E-state index contributed by atoms with van der Waals surface area (Å²) in [4.78, 5) is 16.3. The van der Waals surface area contributed by atoms with E-state index in [0.29, 0.717) is 32.0 Å². The summed E-state index contributed by atoms with van der Waals surface area (Å²) >= 11 is 0. The van der Waals surface area contributed by atoms with Crippen LogP contribution in [0.25, 0.3) is 0 Å². The Balaban J connectivity index is 1.63. The molecule has 1 fully saturated rings. The zero-order valence-electron chi connectivity index (χ0n) is 15.0. The molecule has 0 aliphatic carbocycles. The van der Waals surface area contributed by atoms with Gasteiger partial charge in [0.2, 0.25) is 15.9 Å². The fourth-order valence-corrected chi connectivity index (χ4v) is 4.53. The molecule has 8 nitrogen and oxygen atoms in total. The third-order valence-corrected chi connectivity index (χ3v) is 6.81. The van der Waals surface area contributed by atoms with Crippen molar-refractivity contribution < 1.29 is 23.1 Å². The average molecular weight is 383 g/mol. The van der Waals surface area contributed by atoms with Gasteiger partial charge in [0.25, 0.3) is 0 Å². The van der Waals surface area contributed by atoms with Crippen LogP contribution in [0, 0.1) is 5.92 Å². The lowest BCUT2D eigenvalue weighted by atomic mass is 10.1. The molecule has 1 N–H and O–H groups in total. The fourth-order valence-electron chi connectivity index (χ4n) is 3.36. The molecule has 0 unspecified atom stereocenters. The predicted octanol–water partition coefficient (Wildman–Crippen LogP) is -0.404. The van der Waals surface area contributed by atoms with Crippen LogP contribution in [0.15, 0.2) is 24.3 Å². The maximum atomic E-state index is 12.7. The molecule has 144 valence electrons. The molecule has 2 heterocycles. The van der Waals surface area contributed by atoms with Crippen molar-refractivity contribution in [1.29, 1.82) is 0 Å². The van der Waals surface area contributed by atoms with E-state index in [1.165, 1.54) is 14.1 Å². The number of aliphatic hydroxyl groups is 1. The van der Waals surface area contributed by atoms with Gasteiger partial charge in [-0.15, -0.1) is 0 Å². The molecule has 1 aromatic carbocycles. The van der Waals surface area contributed by atoms with Crippen LogP contribution in [-0.4, -0.2) is 87.4 Å². The van der Waals surface area contributed by atoms with E-state index < -0.39 is 22.0 Å². The number of nitrogens with zero attached hydrogens (tertiary/aromatic N) is 3. The zero-order chi connectivity index (χ0) is 18.9. The number of amides is 1. The fraction of sp³-hybridized carbons (Fsp3) is 0.588. The van der Waals surface area contributed by atoms with Crippen LogP contribution in [0.3, 0.4) is 0 Å². The number of rotatable bonds is 5. The smallest absolute Gasteiger partial charge is 0.241 e. The number of para-hydroxylation sites is 2. The van der Waals surface area contributed by atoms with Crippen molar-refractivity contribution in [2.75, 3.05) is 57.5 Å². The van der Waals surface area contributed by atoms with Gasteiger partial charge in [-0.1, -0.05) is 12.1 Å². The summed E-state index contributed by atoms with van der Waals surface area (Å²) in [5.41, 5.74) is 0.746. The quantitative estimate of drug-likeness (QED) is 0.744. The highest BCUT2D eigenvalue weighted by atomic mass is 32.2. The number of hydrogen-bond acceptors (Lipinski definition) is 6. The first-order chi connectivity index (χ1) is 12.3. The van der Waals surface area contributed by atoms with Crippen molar-refractivity contribution >= 4 is 21.6 Å². The number of β-amino-alcohol motifs (C(OH)–C–C–N with tert-alkyl or cyclic N) is 1. The summed E-state index contributed by atoms with van der Waals surface area (Å²) in [6.45, 7) is 1.74. The Bertz CT molecular complexity index is 767. The van der Waals surface area contributed by atoms with E-state index in [0.717, 1.165) is 9.99 Å². The highest BCUT2D eigenvalue weighted by Crippen LogP contribution is 2.31. The van der Waals surface area contributed by atoms with Gasteiger partial charge >= 0.3 is 0 Å². The number of anilines is 1. The maximum absolute atomic E-state index is 12.7. The van der Waals surface area contributed by atoms with E-state index in [9.17, 15) is 18.3 Å². The van der Waals surface area contributed by atoms with Gasteiger partial charge in [0.1, 0.15) is 12.4 Å². The molecule has 1 aromatic rings. The molecule has 1 saturated heterocycles. The number of carbonyl (C=O) groups excluding carboxylic acids is 1. The van der Waals surface area contributed by atoms with Crippen LogP contribution in [0.1, 0.15) is 0 Å². The van der Waals surface area contributed by atoms with Crippen LogP contribution in [0.5, 0.6) is 5.75 Å². The molecule has 0 bridgehead atoms. The summed E-state index contributed by atoms with van der Waals surface area (Å²) < 4.78 is 30.8. The lowest BCUT2D eigenvalue weighted by Gasteiger charge is -2.30.